The van der Waals surface area contributed by atoms with Crippen LogP contribution in [0.2, 0.25) is 0 Å². The molecule has 0 unspecified atom stereocenters. The molecule has 0 radical (unpaired) electrons. The fraction of sp³-hybridized carbons (Fsp3) is 0.846. The number of aromatic nitrogens is 2. The fourth-order valence-corrected chi connectivity index (χ4v) is 3.36. The van der Waals surface area contributed by atoms with Crippen molar-refractivity contribution >= 4 is 0 Å². The van der Waals surface area contributed by atoms with E-state index in [0.29, 0.717) is 5.54 Å². The SMILES string of the molecule is c1nc(CCN2CCNC3(CCCCC3)C2)no1. The van der Waals surface area contributed by atoms with Gasteiger partial charge < -0.3 is 9.84 Å². The van der Waals surface area contributed by atoms with Crippen LogP contribution >= 0.6 is 0 Å². The van der Waals surface area contributed by atoms with Crippen LogP contribution in [0.25, 0.3) is 0 Å². The van der Waals surface area contributed by atoms with E-state index in [1.54, 1.807) is 0 Å². The van der Waals surface area contributed by atoms with E-state index in [-0.39, 0.29) is 0 Å². The lowest BCUT2D eigenvalue weighted by Crippen LogP contribution is -2.61. The molecule has 0 aromatic carbocycles. The number of hydrogen-bond acceptors (Lipinski definition) is 5. The van der Waals surface area contributed by atoms with Gasteiger partial charge in [-0.3, -0.25) is 4.90 Å². The van der Waals surface area contributed by atoms with E-state index in [9.17, 15) is 0 Å². The Balaban J connectivity index is 1.53. The number of hydrogen-bond donors (Lipinski definition) is 1. The van der Waals surface area contributed by atoms with Gasteiger partial charge in [0.1, 0.15) is 0 Å². The van der Waals surface area contributed by atoms with Crippen molar-refractivity contribution < 1.29 is 4.52 Å². The van der Waals surface area contributed by atoms with E-state index in [0.717, 1.165) is 31.9 Å². The Kier molecular flexibility index (Phi) is 3.61. The van der Waals surface area contributed by atoms with Crippen LogP contribution in [0.1, 0.15) is 37.9 Å². The second-order valence-corrected chi connectivity index (χ2v) is 5.64. The van der Waals surface area contributed by atoms with Crippen molar-refractivity contribution in [3.8, 4) is 0 Å². The average Bonchev–Trinajstić information content (AvgIpc) is 2.91. The predicted molar refractivity (Wildman–Crippen MR) is 68.3 cm³/mol. The van der Waals surface area contributed by atoms with Crippen LogP contribution in [-0.2, 0) is 6.42 Å². The molecule has 1 N–H and O–H groups in total. The van der Waals surface area contributed by atoms with Crippen LogP contribution in [0.3, 0.4) is 0 Å². The second kappa shape index (κ2) is 5.36. The first-order valence-corrected chi connectivity index (χ1v) is 7.09. The maximum absolute atomic E-state index is 4.77. The first-order chi connectivity index (χ1) is 8.86. The smallest absolute Gasteiger partial charge is 0.213 e. The molecule has 5 nitrogen and oxygen atoms in total. The number of rotatable bonds is 3. The highest BCUT2D eigenvalue weighted by Gasteiger charge is 2.35. The number of nitrogens with zero attached hydrogens (tertiary/aromatic N) is 3. The summed E-state index contributed by atoms with van der Waals surface area (Å²) in [5.41, 5.74) is 0.397. The summed E-state index contributed by atoms with van der Waals surface area (Å²) in [6.45, 7) is 4.49. The summed E-state index contributed by atoms with van der Waals surface area (Å²) in [6, 6.07) is 0. The van der Waals surface area contributed by atoms with Crippen molar-refractivity contribution in [1.29, 1.82) is 0 Å². The molecule has 2 heterocycles. The first-order valence-electron chi connectivity index (χ1n) is 7.09. The quantitative estimate of drug-likeness (QED) is 0.874. The fourth-order valence-electron chi connectivity index (χ4n) is 3.36. The summed E-state index contributed by atoms with van der Waals surface area (Å²) in [6.07, 6.45) is 9.16. The minimum absolute atomic E-state index is 0.397. The van der Waals surface area contributed by atoms with Gasteiger partial charge in [-0.1, -0.05) is 24.4 Å². The van der Waals surface area contributed by atoms with Gasteiger partial charge in [-0.15, -0.1) is 0 Å². The molecule has 0 amide bonds. The van der Waals surface area contributed by atoms with Crippen LogP contribution in [0.15, 0.2) is 10.9 Å². The lowest BCUT2D eigenvalue weighted by molar-refractivity contribution is 0.0998. The molecule has 1 aliphatic heterocycles. The van der Waals surface area contributed by atoms with Crippen molar-refractivity contribution in [3.05, 3.63) is 12.2 Å². The van der Waals surface area contributed by atoms with Gasteiger partial charge in [-0.2, -0.15) is 4.98 Å². The minimum Gasteiger partial charge on any atom is -0.343 e. The summed E-state index contributed by atoms with van der Waals surface area (Å²) in [5.74, 6) is 0.825. The zero-order valence-corrected chi connectivity index (χ0v) is 10.9. The third-order valence-electron chi connectivity index (χ3n) is 4.32. The molecule has 0 atom stereocenters. The Labute approximate surface area is 108 Å². The summed E-state index contributed by atoms with van der Waals surface area (Å²) >= 11 is 0. The van der Waals surface area contributed by atoms with Gasteiger partial charge in [0.2, 0.25) is 6.39 Å². The minimum atomic E-state index is 0.397. The van der Waals surface area contributed by atoms with E-state index >= 15 is 0 Å². The zero-order valence-electron chi connectivity index (χ0n) is 10.9. The molecule has 18 heavy (non-hydrogen) atoms. The van der Waals surface area contributed by atoms with Crippen LogP contribution in [0.5, 0.6) is 0 Å². The maximum Gasteiger partial charge on any atom is 0.213 e. The molecule has 2 aliphatic rings. The van der Waals surface area contributed by atoms with Crippen LogP contribution in [0, 0.1) is 0 Å². The topological polar surface area (TPSA) is 54.2 Å². The highest BCUT2D eigenvalue weighted by molar-refractivity contribution is 4.97. The van der Waals surface area contributed by atoms with Gasteiger partial charge in [0.05, 0.1) is 0 Å². The van der Waals surface area contributed by atoms with Crippen molar-refractivity contribution in [3.63, 3.8) is 0 Å². The normalized spacial score (nSPS) is 24.4. The van der Waals surface area contributed by atoms with Gasteiger partial charge in [0.15, 0.2) is 5.82 Å². The Morgan fingerprint density at radius 1 is 1.33 bits per heavy atom. The van der Waals surface area contributed by atoms with Gasteiger partial charge >= 0.3 is 0 Å². The Morgan fingerprint density at radius 2 is 2.22 bits per heavy atom. The molecular formula is C13H22N4O. The van der Waals surface area contributed by atoms with Gasteiger partial charge in [0.25, 0.3) is 0 Å². The zero-order chi connectivity index (χ0) is 12.3. The summed E-state index contributed by atoms with van der Waals surface area (Å²) < 4.78 is 4.77. The molecular weight excluding hydrogens is 228 g/mol. The van der Waals surface area contributed by atoms with Crippen molar-refractivity contribution in [1.82, 2.24) is 20.4 Å². The van der Waals surface area contributed by atoms with Crippen molar-refractivity contribution in [2.75, 3.05) is 26.2 Å². The molecule has 1 aliphatic carbocycles. The molecule has 1 aromatic rings. The summed E-state index contributed by atoms with van der Waals surface area (Å²) in [7, 11) is 0. The molecule has 100 valence electrons. The second-order valence-electron chi connectivity index (χ2n) is 5.64. The molecule has 2 fully saturated rings. The maximum atomic E-state index is 4.77. The Hall–Kier alpha value is -0.940. The number of nitrogens with one attached hydrogen (secondary N) is 1. The third kappa shape index (κ3) is 2.72. The Morgan fingerprint density at radius 3 is 3.00 bits per heavy atom. The molecule has 3 rings (SSSR count). The van der Waals surface area contributed by atoms with E-state index in [4.69, 9.17) is 4.52 Å². The summed E-state index contributed by atoms with van der Waals surface area (Å²) in [4.78, 5) is 6.64. The highest BCUT2D eigenvalue weighted by atomic mass is 16.5. The van der Waals surface area contributed by atoms with Crippen LogP contribution < -0.4 is 5.32 Å². The lowest BCUT2D eigenvalue weighted by Gasteiger charge is -2.46. The Bertz CT molecular complexity index is 354. The molecule has 1 saturated carbocycles. The van der Waals surface area contributed by atoms with Crippen molar-refractivity contribution in [2.45, 2.75) is 44.1 Å². The standard InChI is InChI=1S/C13H22N4O/c1-2-5-13(6-3-1)10-17(9-7-15-13)8-4-12-14-11-18-16-12/h11,15H,1-10H2. The molecule has 0 bridgehead atoms. The van der Waals surface area contributed by atoms with Gasteiger partial charge in [0, 0.05) is 38.1 Å². The van der Waals surface area contributed by atoms with Crippen molar-refractivity contribution in [2.24, 2.45) is 0 Å². The predicted octanol–water partition coefficient (Wildman–Crippen LogP) is 1.22. The highest BCUT2D eigenvalue weighted by Crippen LogP contribution is 2.30. The van der Waals surface area contributed by atoms with Crippen LogP contribution in [-0.4, -0.2) is 46.8 Å². The van der Waals surface area contributed by atoms with Gasteiger partial charge in [-0.05, 0) is 12.8 Å². The molecule has 5 heteroatoms. The van der Waals surface area contributed by atoms with Crippen LogP contribution in [0.4, 0.5) is 0 Å². The molecule has 1 aromatic heterocycles. The molecule has 1 spiro atoms. The third-order valence-corrected chi connectivity index (χ3v) is 4.32. The van der Waals surface area contributed by atoms with E-state index in [2.05, 4.69) is 20.4 Å². The average molecular weight is 250 g/mol. The van der Waals surface area contributed by atoms with E-state index in [1.807, 2.05) is 0 Å². The first kappa shape index (κ1) is 12.1. The largest absolute Gasteiger partial charge is 0.343 e. The van der Waals surface area contributed by atoms with E-state index in [1.165, 1.54) is 45.0 Å². The summed E-state index contributed by atoms with van der Waals surface area (Å²) in [5, 5.41) is 7.64. The lowest BCUT2D eigenvalue weighted by atomic mass is 9.80. The monoisotopic (exact) mass is 250 g/mol. The van der Waals surface area contributed by atoms with E-state index < -0.39 is 0 Å². The number of piperazine rings is 1. The van der Waals surface area contributed by atoms with Gasteiger partial charge in [-0.25, -0.2) is 0 Å². The molecule has 1 saturated heterocycles.